The molecule has 0 aliphatic heterocycles. The number of rotatable bonds is 10. The van der Waals surface area contributed by atoms with Crippen LogP contribution in [0.15, 0.2) is 91.0 Å². The minimum Gasteiger partial charge on any atom is -0.492 e. The summed E-state index contributed by atoms with van der Waals surface area (Å²) in [6, 6.07) is 32.1. The lowest BCUT2D eigenvalue weighted by molar-refractivity contribution is -0.148. The second kappa shape index (κ2) is 12.5. The first kappa shape index (κ1) is 27.6. The van der Waals surface area contributed by atoms with Gasteiger partial charge in [0.1, 0.15) is 12.4 Å². The summed E-state index contributed by atoms with van der Waals surface area (Å²) in [5.74, 6) is -0.190. The smallest absolute Gasteiger partial charge is 0.333 e. The molecule has 0 radical (unpaired) electrons. The second-order valence-corrected chi connectivity index (χ2v) is 10.6. The second-order valence-electron chi connectivity index (χ2n) is 10.6. The number of ether oxygens (including phenoxy) is 2. The molecule has 2 unspecified atom stereocenters. The summed E-state index contributed by atoms with van der Waals surface area (Å²) < 4.78 is 11.2. The van der Waals surface area contributed by atoms with Crippen molar-refractivity contribution >= 4 is 5.97 Å². The average molecular weight is 536 g/mol. The number of benzene rings is 4. The maximum absolute atomic E-state index is 11.3. The highest BCUT2D eigenvalue weighted by Gasteiger charge is 2.27. The zero-order valence-corrected chi connectivity index (χ0v) is 23.5. The van der Waals surface area contributed by atoms with E-state index in [9.17, 15) is 9.90 Å². The van der Waals surface area contributed by atoms with Gasteiger partial charge in [0.05, 0.1) is 6.04 Å². The summed E-state index contributed by atoms with van der Waals surface area (Å²) in [4.78, 5) is 13.7. The van der Waals surface area contributed by atoms with Crippen LogP contribution in [0.1, 0.15) is 39.4 Å². The van der Waals surface area contributed by atoms with E-state index in [2.05, 4.69) is 85.6 Å². The molecule has 1 N–H and O–H groups in total. The largest absolute Gasteiger partial charge is 0.492 e. The molecular formula is C35H37NO4. The highest BCUT2D eigenvalue weighted by Crippen LogP contribution is 2.38. The summed E-state index contributed by atoms with van der Waals surface area (Å²) in [5.41, 5.74) is 10.2. The number of aliphatic carboxylic acids is 1. The monoisotopic (exact) mass is 535 g/mol. The van der Waals surface area contributed by atoms with Crippen LogP contribution in [-0.4, -0.2) is 49.4 Å². The summed E-state index contributed by atoms with van der Waals surface area (Å²) in [6.45, 7) is 3.46. The number of likely N-dealkylation sites (N-methyl/N-ethyl adjacent to an activating group) is 1. The Hall–Kier alpha value is -3.93. The van der Waals surface area contributed by atoms with E-state index in [1.54, 1.807) is 0 Å². The lowest BCUT2D eigenvalue weighted by Gasteiger charge is -2.30. The molecular weight excluding hydrogens is 498 g/mol. The van der Waals surface area contributed by atoms with Crippen LogP contribution in [0.3, 0.4) is 0 Å². The van der Waals surface area contributed by atoms with Gasteiger partial charge in [0, 0.05) is 20.1 Å². The zero-order chi connectivity index (χ0) is 28.1. The van der Waals surface area contributed by atoms with Crippen LogP contribution in [0.5, 0.6) is 5.75 Å². The highest BCUT2D eigenvalue weighted by molar-refractivity contribution is 5.72. The van der Waals surface area contributed by atoms with Crippen LogP contribution in [0.4, 0.5) is 0 Å². The molecule has 0 spiro atoms. The number of hydrogen-bond donors (Lipinski definition) is 1. The van der Waals surface area contributed by atoms with Gasteiger partial charge < -0.3 is 14.6 Å². The minimum absolute atomic E-state index is 0.144. The molecule has 0 aromatic heterocycles. The minimum atomic E-state index is -0.959. The summed E-state index contributed by atoms with van der Waals surface area (Å²) in [5, 5.41) is 9.23. The van der Waals surface area contributed by atoms with Crippen LogP contribution in [-0.2, 0) is 28.8 Å². The number of carbonyl (C=O) groups is 1. The van der Waals surface area contributed by atoms with E-state index in [0.29, 0.717) is 13.0 Å². The molecule has 5 rings (SSSR count). The van der Waals surface area contributed by atoms with Crippen molar-refractivity contribution in [2.24, 2.45) is 0 Å². The molecule has 1 aliphatic carbocycles. The van der Waals surface area contributed by atoms with Crippen molar-refractivity contribution in [2.75, 3.05) is 27.3 Å². The van der Waals surface area contributed by atoms with Crippen LogP contribution in [0.2, 0.25) is 0 Å². The van der Waals surface area contributed by atoms with Crippen molar-refractivity contribution in [2.45, 2.75) is 38.3 Å². The Balaban J connectivity index is 1.33. The molecule has 40 heavy (non-hydrogen) atoms. The maximum atomic E-state index is 11.3. The van der Waals surface area contributed by atoms with E-state index in [1.807, 2.05) is 24.3 Å². The first-order chi connectivity index (χ1) is 19.4. The van der Waals surface area contributed by atoms with Crippen molar-refractivity contribution in [3.05, 3.63) is 124 Å². The SMILES string of the molecule is COC(Cc1ccc(OCCN(C)C2c3ccc(C)cc3CCc3cc(-c4ccccc4)ccc32)cc1)C(=O)O. The number of carboxylic acid groups (broad SMARTS) is 1. The molecule has 2 atom stereocenters. The Kier molecular flexibility index (Phi) is 8.63. The Morgan fingerprint density at radius 2 is 1.57 bits per heavy atom. The lowest BCUT2D eigenvalue weighted by Crippen LogP contribution is -2.30. The van der Waals surface area contributed by atoms with E-state index in [4.69, 9.17) is 9.47 Å². The predicted molar refractivity (Wildman–Crippen MR) is 159 cm³/mol. The van der Waals surface area contributed by atoms with Crippen LogP contribution in [0, 0.1) is 6.92 Å². The zero-order valence-electron chi connectivity index (χ0n) is 23.5. The molecule has 0 saturated carbocycles. The van der Waals surface area contributed by atoms with Gasteiger partial charge >= 0.3 is 5.97 Å². The lowest BCUT2D eigenvalue weighted by atomic mass is 9.91. The molecule has 4 aromatic rings. The number of methoxy groups -OCH3 is 1. The molecule has 0 bridgehead atoms. The first-order valence-electron chi connectivity index (χ1n) is 13.9. The van der Waals surface area contributed by atoms with Gasteiger partial charge in [-0.2, -0.15) is 0 Å². The fourth-order valence-electron chi connectivity index (χ4n) is 5.67. The van der Waals surface area contributed by atoms with Gasteiger partial charge in [-0.3, -0.25) is 4.90 Å². The molecule has 0 saturated heterocycles. The van der Waals surface area contributed by atoms with E-state index < -0.39 is 12.1 Å². The summed E-state index contributed by atoms with van der Waals surface area (Å²) >= 11 is 0. The Morgan fingerprint density at radius 3 is 2.25 bits per heavy atom. The Morgan fingerprint density at radius 1 is 0.900 bits per heavy atom. The Bertz CT molecular complexity index is 1450. The van der Waals surface area contributed by atoms with Crippen molar-refractivity contribution < 1.29 is 19.4 Å². The first-order valence-corrected chi connectivity index (χ1v) is 13.9. The normalized spacial score (nSPS) is 15.2. The van der Waals surface area contributed by atoms with E-state index in [0.717, 1.165) is 30.7 Å². The highest BCUT2D eigenvalue weighted by atomic mass is 16.5. The number of carboxylic acids is 1. The molecule has 5 heteroatoms. The molecule has 0 fully saturated rings. The third kappa shape index (κ3) is 6.27. The van der Waals surface area contributed by atoms with Gasteiger partial charge in [0.25, 0.3) is 0 Å². The van der Waals surface area contributed by atoms with Gasteiger partial charge in [-0.1, -0.05) is 84.4 Å². The van der Waals surface area contributed by atoms with E-state index in [1.165, 1.54) is 46.1 Å². The number of nitrogens with zero attached hydrogens (tertiary/aromatic N) is 1. The van der Waals surface area contributed by atoms with Gasteiger partial charge in [-0.25, -0.2) is 4.79 Å². The maximum Gasteiger partial charge on any atom is 0.333 e. The van der Waals surface area contributed by atoms with Crippen LogP contribution >= 0.6 is 0 Å². The quantitative estimate of drug-likeness (QED) is 0.251. The number of aryl methyl sites for hydroxylation is 3. The van der Waals surface area contributed by atoms with Gasteiger partial charge in [0.2, 0.25) is 0 Å². The number of hydrogen-bond acceptors (Lipinski definition) is 4. The topological polar surface area (TPSA) is 59.0 Å². The van der Waals surface area contributed by atoms with Gasteiger partial charge in [-0.05, 0) is 77.9 Å². The Labute approximate surface area is 237 Å². The molecule has 5 nitrogen and oxygen atoms in total. The standard InChI is InChI=1S/C35H37NO4/c1-24-9-17-31-28(21-24)12-13-29-23-27(26-7-5-4-6-8-26)14-18-32(29)34(31)36(2)19-20-40-30-15-10-25(11-16-30)22-33(39-3)35(37)38/h4-11,14-18,21,23,33-34H,12-13,19-20,22H2,1-3H3,(H,37,38). The third-order valence-corrected chi connectivity index (χ3v) is 7.86. The molecule has 1 aliphatic rings. The summed E-state index contributed by atoms with van der Waals surface area (Å²) in [6.07, 6.45) is 1.52. The van der Waals surface area contributed by atoms with Gasteiger partial charge in [0.15, 0.2) is 6.10 Å². The van der Waals surface area contributed by atoms with Crippen molar-refractivity contribution in [1.82, 2.24) is 4.90 Å². The molecule has 4 aromatic carbocycles. The van der Waals surface area contributed by atoms with Crippen molar-refractivity contribution in [1.29, 1.82) is 0 Å². The van der Waals surface area contributed by atoms with Crippen molar-refractivity contribution in [3.8, 4) is 16.9 Å². The number of fused-ring (bicyclic) bond motifs is 2. The fraction of sp³-hybridized carbons (Fsp3) is 0.286. The van der Waals surface area contributed by atoms with Gasteiger partial charge in [-0.15, -0.1) is 0 Å². The van der Waals surface area contributed by atoms with Crippen molar-refractivity contribution in [3.63, 3.8) is 0 Å². The van der Waals surface area contributed by atoms with E-state index >= 15 is 0 Å². The van der Waals surface area contributed by atoms with Crippen LogP contribution < -0.4 is 4.74 Å². The fourth-order valence-corrected chi connectivity index (χ4v) is 5.67. The predicted octanol–water partition coefficient (Wildman–Crippen LogP) is 6.50. The van der Waals surface area contributed by atoms with E-state index in [-0.39, 0.29) is 6.04 Å². The molecule has 0 amide bonds. The van der Waals surface area contributed by atoms with Crippen LogP contribution in [0.25, 0.3) is 11.1 Å². The summed E-state index contributed by atoms with van der Waals surface area (Å²) in [7, 11) is 3.60. The average Bonchev–Trinajstić information content (AvgIpc) is 3.13. The molecule has 0 heterocycles. The molecule has 206 valence electrons. The third-order valence-electron chi connectivity index (χ3n) is 7.86.